The number of nitrogens with one attached hydrogen (secondary N) is 1. The van der Waals surface area contributed by atoms with E-state index in [-0.39, 0.29) is 0 Å². The molecular weight excluding hydrogens is 184 g/mol. The van der Waals surface area contributed by atoms with E-state index in [9.17, 15) is 0 Å². The lowest BCUT2D eigenvalue weighted by atomic mass is 10.3. The molecule has 0 bridgehead atoms. The summed E-state index contributed by atoms with van der Waals surface area (Å²) in [6, 6.07) is 0.548. The fourth-order valence-electron chi connectivity index (χ4n) is 0.853. The van der Waals surface area contributed by atoms with Gasteiger partial charge in [0, 0.05) is 24.5 Å². The maximum absolute atomic E-state index is 3.95. The molecule has 1 unspecified atom stereocenters. The summed E-state index contributed by atoms with van der Waals surface area (Å²) < 4.78 is 3.80. The molecule has 0 aliphatic rings. The monoisotopic (exact) mass is 200 g/mol. The molecule has 0 fully saturated rings. The van der Waals surface area contributed by atoms with Crippen molar-refractivity contribution in [2.24, 2.45) is 0 Å². The molecule has 1 N–H and O–H groups in total. The zero-order valence-corrected chi connectivity index (χ0v) is 9.14. The number of likely N-dealkylation sites (N-methyl/N-ethyl adjacent to an activating group) is 1. The molecule has 1 aromatic heterocycles. The van der Waals surface area contributed by atoms with E-state index in [2.05, 4.69) is 40.8 Å². The van der Waals surface area contributed by atoms with Crippen molar-refractivity contribution in [3.8, 4) is 0 Å². The standard InChI is InChI=1S/C8H16N4S/c1-7(12(2)3)4-9-5-8-6-13-11-10-8/h6-7,9H,4-5H2,1-3H3. The SMILES string of the molecule is CC(CNCc1csnn1)N(C)C. The second-order valence-electron chi connectivity index (χ2n) is 3.34. The molecule has 0 saturated carbocycles. The van der Waals surface area contributed by atoms with Crippen LogP contribution in [-0.2, 0) is 6.54 Å². The highest BCUT2D eigenvalue weighted by molar-refractivity contribution is 7.03. The Morgan fingerprint density at radius 1 is 1.62 bits per heavy atom. The Kier molecular flexibility index (Phi) is 4.27. The maximum Gasteiger partial charge on any atom is 0.0893 e. The minimum Gasteiger partial charge on any atom is -0.310 e. The summed E-state index contributed by atoms with van der Waals surface area (Å²) in [6.07, 6.45) is 0. The minimum atomic E-state index is 0.548. The molecular formula is C8H16N4S. The average molecular weight is 200 g/mol. The van der Waals surface area contributed by atoms with Gasteiger partial charge < -0.3 is 10.2 Å². The number of rotatable bonds is 5. The molecule has 4 nitrogen and oxygen atoms in total. The molecule has 1 rings (SSSR count). The van der Waals surface area contributed by atoms with E-state index < -0.39 is 0 Å². The predicted octanol–water partition coefficient (Wildman–Crippen LogP) is 0.578. The van der Waals surface area contributed by atoms with Crippen molar-refractivity contribution in [2.75, 3.05) is 20.6 Å². The number of hydrogen-bond acceptors (Lipinski definition) is 5. The molecule has 0 aliphatic heterocycles. The molecule has 5 heteroatoms. The van der Waals surface area contributed by atoms with Crippen LogP contribution in [0.5, 0.6) is 0 Å². The molecule has 74 valence electrons. The molecule has 0 aliphatic carbocycles. The molecule has 0 spiro atoms. The van der Waals surface area contributed by atoms with Crippen molar-refractivity contribution >= 4 is 11.5 Å². The topological polar surface area (TPSA) is 41.1 Å². The zero-order chi connectivity index (χ0) is 9.68. The molecule has 1 heterocycles. The Morgan fingerprint density at radius 3 is 2.92 bits per heavy atom. The quantitative estimate of drug-likeness (QED) is 0.755. The summed E-state index contributed by atoms with van der Waals surface area (Å²) in [4.78, 5) is 2.19. The van der Waals surface area contributed by atoms with E-state index in [0.29, 0.717) is 6.04 Å². The predicted molar refractivity (Wildman–Crippen MR) is 54.8 cm³/mol. The van der Waals surface area contributed by atoms with E-state index >= 15 is 0 Å². The average Bonchev–Trinajstić information content (AvgIpc) is 2.56. The van der Waals surface area contributed by atoms with Gasteiger partial charge in [-0.05, 0) is 32.6 Å². The van der Waals surface area contributed by atoms with Crippen molar-refractivity contribution < 1.29 is 0 Å². The number of aromatic nitrogens is 2. The van der Waals surface area contributed by atoms with Crippen LogP contribution >= 0.6 is 11.5 Å². The lowest BCUT2D eigenvalue weighted by Crippen LogP contribution is -2.35. The third-order valence-corrected chi connectivity index (χ3v) is 2.59. The van der Waals surface area contributed by atoms with Gasteiger partial charge in [0.05, 0.1) is 5.69 Å². The van der Waals surface area contributed by atoms with Gasteiger partial charge in [-0.15, -0.1) is 5.10 Å². The van der Waals surface area contributed by atoms with Crippen LogP contribution in [0.3, 0.4) is 0 Å². The first-order chi connectivity index (χ1) is 6.20. The van der Waals surface area contributed by atoms with Gasteiger partial charge in [-0.2, -0.15) is 0 Å². The highest BCUT2D eigenvalue weighted by Crippen LogP contribution is 1.96. The largest absolute Gasteiger partial charge is 0.310 e. The van der Waals surface area contributed by atoms with Crippen LogP contribution in [0, 0.1) is 0 Å². The molecule has 0 radical (unpaired) electrons. The summed E-state index contributed by atoms with van der Waals surface area (Å²) in [5, 5.41) is 9.25. The smallest absolute Gasteiger partial charge is 0.0893 e. The van der Waals surface area contributed by atoms with Crippen LogP contribution in [0.1, 0.15) is 12.6 Å². The number of nitrogens with zero attached hydrogens (tertiary/aromatic N) is 3. The van der Waals surface area contributed by atoms with E-state index in [1.54, 1.807) is 0 Å². The Labute approximate surface area is 83.1 Å². The van der Waals surface area contributed by atoms with Crippen LogP contribution in [0.25, 0.3) is 0 Å². The lowest BCUT2D eigenvalue weighted by Gasteiger charge is -2.19. The van der Waals surface area contributed by atoms with Crippen LogP contribution < -0.4 is 5.32 Å². The van der Waals surface area contributed by atoms with E-state index in [1.807, 2.05) is 5.38 Å². The molecule has 0 amide bonds. The summed E-state index contributed by atoms with van der Waals surface area (Å²) in [6.45, 7) is 3.98. The summed E-state index contributed by atoms with van der Waals surface area (Å²) in [7, 11) is 4.16. The van der Waals surface area contributed by atoms with Gasteiger partial charge in [-0.3, -0.25) is 0 Å². The second kappa shape index (κ2) is 5.26. The lowest BCUT2D eigenvalue weighted by molar-refractivity contribution is 0.302. The first kappa shape index (κ1) is 10.6. The highest BCUT2D eigenvalue weighted by Gasteiger charge is 2.03. The Bertz CT molecular complexity index is 222. The van der Waals surface area contributed by atoms with Crippen molar-refractivity contribution in [3.05, 3.63) is 11.1 Å². The van der Waals surface area contributed by atoms with Crippen LogP contribution in [0.2, 0.25) is 0 Å². The summed E-state index contributed by atoms with van der Waals surface area (Å²) >= 11 is 1.39. The van der Waals surface area contributed by atoms with Gasteiger partial charge in [0.25, 0.3) is 0 Å². The summed E-state index contributed by atoms with van der Waals surface area (Å²) in [5.41, 5.74) is 1.02. The maximum atomic E-state index is 3.95. The van der Waals surface area contributed by atoms with E-state index in [4.69, 9.17) is 0 Å². The van der Waals surface area contributed by atoms with Gasteiger partial charge >= 0.3 is 0 Å². The van der Waals surface area contributed by atoms with Crippen LogP contribution in [-0.4, -0.2) is 41.2 Å². The first-order valence-electron chi connectivity index (χ1n) is 4.33. The second-order valence-corrected chi connectivity index (χ2v) is 3.95. The van der Waals surface area contributed by atoms with Crippen molar-refractivity contribution in [2.45, 2.75) is 19.5 Å². The third kappa shape index (κ3) is 3.80. The van der Waals surface area contributed by atoms with Gasteiger partial charge in [0.15, 0.2) is 0 Å². The minimum absolute atomic E-state index is 0.548. The van der Waals surface area contributed by atoms with Crippen molar-refractivity contribution in [1.29, 1.82) is 0 Å². The fourth-order valence-corrected chi connectivity index (χ4v) is 1.30. The van der Waals surface area contributed by atoms with Crippen molar-refractivity contribution in [1.82, 2.24) is 19.8 Å². The van der Waals surface area contributed by atoms with Crippen molar-refractivity contribution in [3.63, 3.8) is 0 Å². The Morgan fingerprint density at radius 2 is 2.38 bits per heavy atom. The zero-order valence-electron chi connectivity index (χ0n) is 8.32. The molecule has 1 aromatic rings. The third-order valence-electron chi connectivity index (χ3n) is 2.03. The molecule has 0 saturated heterocycles. The first-order valence-corrected chi connectivity index (χ1v) is 5.17. The van der Waals surface area contributed by atoms with Crippen LogP contribution in [0.15, 0.2) is 5.38 Å². The molecule has 13 heavy (non-hydrogen) atoms. The van der Waals surface area contributed by atoms with Gasteiger partial charge in [-0.25, -0.2) is 0 Å². The number of hydrogen-bond donors (Lipinski definition) is 1. The van der Waals surface area contributed by atoms with Gasteiger partial charge in [0.2, 0.25) is 0 Å². The van der Waals surface area contributed by atoms with Gasteiger partial charge in [0.1, 0.15) is 0 Å². The van der Waals surface area contributed by atoms with Gasteiger partial charge in [-0.1, -0.05) is 4.49 Å². The Balaban J connectivity index is 2.14. The highest BCUT2D eigenvalue weighted by atomic mass is 32.1. The van der Waals surface area contributed by atoms with E-state index in [0.717, 1.165) is 18.8 Å². The summed E-state index contributed by atoms with van der Waals surface area (Å²) in [5.74, 6) is 0. The molecule has 1 atom stereocenters. The van der Waals surface area contributed by atoms with Crippen LogP contribution in [0.4, 0.5) is 0 Å². The Hall–Kier alpha value is -0.520. The van der Waals surface area contributed by atoms with E-state index in [1.165, 1.54) is 11.5 Å². The fraction of sp³-hybridized carbons (Fsp3) is 0.750. The normalized spacial score (nSPS) is 13.5. The molecule has 0 aromatic carbocycles.